The average Bonchev–Trinajstić information content (AvgIpc) is 2.70. The molecule has 2 rings (SSSR count). The van der Waals surface area contributed by atoms with Crippen LogP contribution in [0.4, 0.5) is 4.39 Å². The number of fused-ring (bicyclic) bond motifs is 1. The van der Waals surface area contributed by atoms with E-state index in [2.05, 4.69) is 29.1 Å². The number of H-pyrrole nitrogens is 1. The number of aromatic nitrogens is 2. The SMILES string of the molecule is CCC(C)NCCc1nc2ccc(F)cc2[nH]1. The highest BCUT2D eigenvalue weighted by Gasteiger charge is 2.04. The predicted molar refractivity (Wildman–Crippen MR) is 67.5 cm³/mol. The molecular formula is C13H18FN3. The standard InChI is InChI=1S/C13H18FN3/c1-3-9(2)15-7-6-13-16-11-5-4-10(14)8-12(11)17-13/h4-5,8-9,15H,3,6-7H2,1-2H3,(H,16,17). The van der Waals surface area contributed by atoms with Gasteiger partial charge in [0.2, 0.25) is 0 Å². The highest BCUT2D eigenvalue weighted by molar-refractivity contribution is 5.74. The minimum Gasteiger partial charge on any atom is -0.342 e. The average molecular weight is 235 g/mol. The third-order valence-corrected chi connectivity index (χ3v) is 2.96. The van der Waals surface area contributed by atoms with Crippen LogP contribution >= 0.6 is 0 Å². The van der Waals surface area contributed by atoms with E-state index < -0.39 is 0 Å². The van der Waals surface area contributed by atoms with E-state index in [-0.39, 0.29) is 5.82 Å². The van der Waals surface area contributed by atoms with Gasteiger partial charge in [0.15, 0.2) is 0 Å². The van der Waals surface area contributed by atoms with Crippen LogP contribution in [0, 0.1) is 5.82 Å². The summed E-state index contributed by atoms with van der Waals surface area (Å²) in [6.45, 7) is 5.20. The lowest BCUT2D eigenvalue weighted by Gasteiger charge is -2.09. The first kappa shape index (κ1) is 12.0. The van der Waals surface area contributed by atoms with Crippen LogP contribution in [0.1, 0.15) is 26.1 Å². The summed E-state index contributed by atoms with van der Waals surface area (Å²) in [5.74, 6) is 0.673. The Hall–Kier alpha value is -1.42. The number of hydrogen-bond acceptors (Lipinski definition) is 2. The van der Waals surface area contributed by atoms with Gasteiger partial charge in [-0.25, -0.2) is 9.37 Å². The van der Waals surface area contributed by atoms with E-state index >= 15 is 0 Å². The number of halogens is 1. The van der Waals surface area contributed by atoms with E-state index in [1.54, 1.807) is 6.07 Å². The van der Waals surface area contributed by atoms with E-state index in [0.717, 1.165) is 36.2 Å². The Morgan fingerprint density at radius 2 is 2.29 bits per heavy atom. The smallest absolute Gasteiger partial charge is 0.125 e. The molecule has 1 aromatic carbocycles. The molecule has 0 aliphatic rings. The number of rotatable bonds is 5. The van der Waals surface area contributed by atoms with Gasteiger partial charge in [-0.1, -0.05) is 6.92 Å². The van der Waals surface area contributed by atoms with Gasteiger partial charge in [-0.15, -0.1) is 0 Å². The molecule has 0 saturated heterocycles. The van der Waals surface area contributed by atoms with Crippen molar-refractivity contribution in [2.45, 2.75) is 32.7 Å². The first-order chi connectivity index (χ1) is 8.19. The largest absolute Gasteiger partial charge is 0.342 e. The second kappa shape index (κ2) is 5.27. The van der Waals surface area contributed by atoms with Crippen molar-refractivity contribution in [1.82, 2.24) is 15.3 Å². The van der Waals surface area contributed by atoms with Gasteiger partial charge in [-0.3, -0.25) is 0 Å². The molecule has 17 heavy (non-hydrogen) atoms. The van der Waals surface area contributed by atoms with Crippen LogP contribution < -0.4 is 5.32 Å². The van der Waals surface area contributed by atoms with Crippen molar-refractivity contribution in [3.8, 4) is 0 Å². The van der Waals surface area contributed by atoms with Gasteiger partial charge in [-0.2, -0.15) is 0 Å². The first-order valence-electron chi connectivity index (χ1n) is 6.06. The van der Waals surface area contributed by atoms with Gasteiger partial charge >= 0.3 is 0 Å². The van der Waals surface area contributed by atoms with Crippen molar-refractivity contribution in [2.24, 2.45) is 0 Å². The lowest BCUT2D eigenvalue weighted by atomic mass is 10.2. The zero-order valence-electron chi connectivity index (χ0n) is 10.3. The van der Waals surface area contributed by atoms with Crippen LogP contribution in [-0.4, -0.2) is 22.6 Å². The fourth-order valence-corrected chi connectivity index (χ4v) is 1.73. The van der Waals surface area contributed by atoms with E-state index in [0.29, 0.717) is 6.04 Å². The Morgan fingerprint density at radius 1 is 1.47 bits per heavy atom. The van der Waals surface area contributed by atoms with Crippen LogP contribution in [0.15, 0.2) is 18.2 Å². The summed E-state index contributed by atoms with van der Waals surface area (Å²) >= 11 is 0. The molecule has 1 unspecified atom stereocenters. The van der Waals surface area contributed by atoms with E-state index in [9.17, 15) is 4.39 Å². The topological polar surface area (TPSA) is 40.7 Å². The Labute approximate surface area is 100 Å². The van der Waals surface area contributed by atoms with Gasteiger partial charge < -0.3 is 10.3 Å². The van der Waals surface area contributed by atoms with Crippen molar-refractivity contribution >= 4 is 11.0 Å². The van der Waals surface area contributed by atoms with Gasteiger partial charge in [0, 0.05) is 19.0 Å². The number of hydrogen-bond donors (Lipinski definition) is 2. The fourth-order valence-electron chi connectivity index (χ4n) is 1.73. The van der Waals surface area contributed by atoms with Crippen molar-refractivity contribution in [3.05, 3.63) is 29.8 Å². The van der Waals surface area contributed by atoms with Gasteiger partial charge in [0.05, 0.1) is 11.0 Å². The number of aromatic amines is 1. The second-order valence-electron chi connectivity index (χ2n) is 4.36. The van der Waals surface area contributed by atoms with Crippen LogP contribution in [0.3, 0.4) is 0 Å². The molecule has 0 amide bonds. The Balaban J connectivity index is 1.99. The van der Waals surface area contributed by atoms with Gasteiger partial charge in [0.25, 0.3) is 0 Å². The summed E-state index contributed by atoms with van der Waals surface area (Å²) in [4.78, 5) is 7.55. The number of nitrogens with one attached hydrogen (secondary N) is 2. The van der Waals surface area contributed by atoms with E-state index in [4.69, 9.17) is 0 Å². The second-order valence-corrected chi connectivity index (χ2v) is 4.36. The zero-order valence-corrected chi connectivity index (χ0v) is 10.3. The molecule has 92 valence electrons. The lowest BCUT2D eigenvalue weighted by Crippen LogP contribution is -2.27. The highest BCUT2D eigenvalue weighted by Crippen LogP contribution is 2.12. The normalized spacial score (nSPS) is 13.1. The Morgan fingerprint density at radius 3 is 3.06 bits per heavy atom. The first-order valence-corrected chi connectivity index (χ1v) is 6.06. The molecule has 3 nitrogen and oxygen atoms in total. The Bertz CT molecular complexity index is 492. The highest BCUT2D eigenvalue weighted by atomic mass is 19.1. The molecule has 0 spiro atoms. The van der Waals surface area contributed by atoms with E-state index in [1.165, 1.54) is 12.1 Å². The molecule has 0 saturated carbocycles. The maximum absolute atomic E-state index is 13.0. The maximum atomic E-state index is 13.0. The molecule has 4 heteroatoms. The Kier molecular flexibility index (Phi) is 3.74. The third-order valence-electron chi connectivity index (χ3n) is 2.96. The maximum Gasteiger partial charge on any atom is 0.125 e. The molecule has 0 bridgehead atoms. The van der Waals surface area contributed by atoms with Gasteiger partial charge in [-0.05, 0) is 31.5 Å². The summed E-state index contributed by atoms with van der Waals surface area (Å²) in [5, 5.41) is 3.40. The summed E-state index contributed by atoms with van der Waals surface area (Å²) < 4.78 is 13.0. The minimum atomic E-state index is -0.231. The molecule has 0 radical (unpaired) electrons. The summed E-state index contributed by atoms with van der Waals surface area (Å²) in [5.41, 5.74) is 1.59. The van der Waals surface area contributed by atoms with Crippen LogP contribution in [0.25, 0.3) is 11.0 Å². The molecular weight excluding hydrogens is 217 g/mol. The molecule has 0 fully saturated rings. The van der Waals surface area contributed by atoms with Crippen LogP contribution in [0.5, 0.6) is 0 Å². The number of imidazole rings is 1. The van der Waals surface area contributed by atoms with Crippen LogP contribution in [0.2, 0.25) is 0 Å². The van der Waals surface area contributed by atoms with Crippen LogP contribution in [-0.2, 0) is 6.42 Å². The monoisotopic (exact) mass is 235 g/mol. The molecule has 1 heterocycles. The molecule has 2 N–H and O–H groups in total. The van der Waals surface area contributed by atoms with Crippen molar-refractivity contribution in [1.29, 1.82) is 0 Å². The molecule has 2 aromatic rings. The fraction of sp³-hybridized carbons (Fsp3) is 0.462. The van der Waals surface area contributed by atoms with Crippen molar-refractivity contribution in [3.63, 3.8) is 0 Å². The summed E-state index contributed by atoms with van der Waals surface area (Å²) in [6.07, 6.45) is 1.95. The summed E-state index contributed by atoms with van der Waals surface area (Å²) in [7, 11) is 0. The molecule has 1 aromatic heterocycles. The minimum absolute atomic E-state index is 0.231. The molecule has 0 aliphatic heterocycles. The van der Waals surface area contributed by atoms with E-state index in [1.807, 2.05) is 0 Å². The number of benzene rings is 1. The number of nitrogens with zero attached hydrogens (tertiary/aromatic N) is 1. The van der Waals surface area contributed by atoms with Crippen molar-refractivity contribution < 1.29 is 4.39 Å². The van der Waals surface area contributed by atoms with Gasteiger partial charge in [0.1, 0.15) is 11.6 Å². The predicted octanol–water partition coefficient (Wildman–Crippen LogP) is 2.63. The molecule has 1 atom stereocenters. The quantitative estimate of drug-likeness (QED) is 0.836. The lowest BCUT2D eigenvalue weighted by molar-refractivity contribution is 0.534. The molecule has 0 aliphatic carbocycles. The van der Waals surface area contributed by atoms with Crippen molar-refractivity contribution in [2.75, 3.05) is 6.54 Å². The zero-order chi connectivity index (χ0) is 12.3. The summed E-state index contributed by atoms with van der Waals surface area (Å²) in [6, 6.07) is 5.14. The third kappa shape index (κ3) is 3.03.